The van der Waals surface area contributed by atoms with Gasteiger partial charge in [-0.3, -0.25) is 4.79 Å². The van der Waals surface area contributed by atoms with Crippen molar-refractivity contribution in [3.8, 4) is 11.5 Å². The highest BCUT2D eigenvalue weighted by Gasteiger charge is 2.19. The van der Waals surface area contributed by atoms with E-state index in [-0.39, 0.29) is 12.2 Å². The van der Waals surface area contributed by atoms with Crippen molar-refractivity contribution in [1.82, 2.24) is 9.66 Å². The van der Waals surface area contributed by atoms with Gasteiger partial charge in [0, 0.05) is 20.9 Å². The highest BCUT2D eigenvalue weighted by molar-refractivity contribution is 9.10. The van der Waals surface area contributed by atoms with Crippen LogP contribution in [0.3, 0.4) is 0 Å². The first-order chi connectivity index (χ1) is 16.3. The van der Waals surface area contributed by atoms with Crippen LogP contribution in [0.1, 0.15) is 38.6 Å². The Balaban J connectivity index is 2.00. The maximum atomic E-state index is 13.2. The number of hydrogen-bond donors (Lipinski definition) is 0. The molecular formula is C24H25Br2N3O5. The summed E-state index contributed by atoms with van der Waals surface area (Å²) in [6, 6.07) is 8.79. The van der Waals surface area contributed by atoms with Crippen molar-refractivity contribution in [2.75, 3.05) is 13.7 Å². The first kappa shape index (κ1) is 25.9. The number of carbonyl (C=O) groups excluding carboxylic acids is 1. The van der Waals surface area contributed by atoms with Crippen LogP contribution >= 0.6 is 31.9 Å². The lowest BCUT2D eigenvalue weighted by Gasteiger charge is -2.17. The Kier molecular flexibility index (Phi) is 8.84. The fourth-order valence-electron chi connectivity index (χ4n) is 3.22. The fourth-order valence-corrected chi connectivity index (χ4v) is 4.00. The molecule has 0 spiro atoms. The van der Waals surface area contributed by atoms with Crippen molar-refractivity contribution in [2.45, 2.75) is 39.7 Å². The summed E-state index contributed by atoms with van der Waals surface area (Å²) in [6.45, 7) is 5.62. The average Bonchev–Trinajstić information content (AvgIpc) is 2.80. The second kappa shape index (κ2) is 11.6. The number of fused-ring (bicyclic) bond motifs is 1. The largest absolute Gasteiger partial charge is 0.493 e. The molecule has 0 N–H and O–H groups in total. The molecule has 1 aromatic heterocycles. The van der Waals surface area contributed by atoms with Gasteiger partial charge in [-0.2, -0.15) is 9.78 Å². The lowest BCUT2D eigenvalue weighted by molar-refractivity contribution is -0.150. The normalized spacial score (nSPS) is 12.2. The Labute approximate surface area is 214 Å². The highest BCUT2D eigenvalue weighted by atomic mass is 79.9. The standard InChI is InChI=1S/C24H25Br2N3O5/c1-5-7-22-28-19-9-8-16(25)11-17(19)23(30)29(22)27-13-15-10-20(32-4)21(12-18(15)26)34-14(3)24(31)33-6-2/h8-14H,5-7H2,1-4H3/t14-/m0/s1. The van der Waals surface area contributed by atoms with Crippen LogP contribution in [0.5, 0.6) is 11.5 Å². The third-order valence-electron chi connectivity index (χ3n) is 4.87. The summed E-state index contributed by atoms with van der Waals surface area (Å²) in [5, 5.41) is 4.93. The highest BCUT2D eigenvalue weighted by Crippen LogP contribution is 2.33. The number of methoxy groups -OCH3 is 1. The van der Waals surface area contributed by atoms with Crippen LogP contribution in [0.2, 0.25) is 0 Å². The monoisotopic (exact) mass is 593 g/mol. The van der Waals surface area contributed by atoms with Crippen LogP contribution in [-0.4, -0.2) is 41.7 Å². The van der Waals surface area contributed by atoms with Gasteiger partial charge in [-0.05, 0) is 66.5 Å². The third-order valence-corrected chi connectivity index (χ3v) is 6.05. The van der Waals surface area contributed by atoms with Crippen molar-refractivity contribution in [3.63, 3.8) is 0 Å². The summed E-state index contributed by atoms with van der Waals surface area (Å²) in [5.41, 5.74) is 1.03. The van der Waals surface area contributed by atoms with E-state index in [1.165, 1.54) is 11.8 Å². The molecule has 0 saturated carbocycles. The van der Waals surface area contributed by atoms with E-state index < -0.39 is 12.1 Å². The summed E-state index contributed by atoms with van der Waals surface area (Å²) in [7, 11) is 1.50. The maximum absolute atomic E-state index is 13.2. The number of benzene rings is 2. The molecule has 180 valence electrons. The Hall–Kier alpha value is -2.72. The van der Waals surface area contributed by atoms with Gasteiger partial charge >= 0.3 is 5.97 Å². The van der Waals surface area contributed by atoms with E-state index in [0.29, 0.717) is 44.7 Å². The molecule has 0 aliphatic carbocycles. The van der Waals surface area contributed by atoms with Gasteiger partial charge in [0.2, 0.25) is 0 Å². The summed E-state index contributed by atoms with van der Waals surface area (Å²) in [4.78, 5) is 29.8. The average molecular weight is 595 g/mol. The molecule has 0 aliphatic rings. The predicted molar refractivity (Wildman–Crippen MR) is 138 cm³/mol. The first-order valence-corrected chi connectivity index (χ1v) is 12.3. The smallest absolute Gasteiger partial charge is 0.347 e. The molecule has 10 heteroatoms. The van der Waals surface area contributed by atoms with Gasteiger partial charge in [0.1, 0.15) is 5.82 Å². The molecule has 0 saturated heterocycles. The lowest BCUT2D eigenvalue weighted by Crippen LogP contribution is -2.26. The topological polar surface area (TPSA) is 92.0 Å². The molecule has 0 radical (unpaired) electrons. The van der Waals surface area contributed by atoms with E-state index in [1.807, 2.05) is 19.1 Å². The van der Waals surface area contributed by atoms with Crippen molar-refractivity contribution in [2.24, 2.45) is 5.10 Å². The summed E-state index contributed by atoms with van der Waals surface area (Å²) in [5.74, 6) is 0.880. The minimum atomic E-state index is -0.807. The minimum Gasteiger partial charge on any atom is -0.493 e. The number of aryl methyl sites for hydroxylation is 1. The van der Waals surface area contributed by atoms with Gasteiger partial charge in [0.25, 0.3) is 5.56 Å². The Bertz CT molecular complexity index is 1290. The summed E-state index contributed by atoms with van der Waals surface area (Å²) < 4.78 is 18.9. The van der Waals surface area contributed by atoms with Gasteiger partial charge in [-0.15, -0.1) is 0 Å². The van der Waals surface area contributed by atoms with E-state index in [2.05, 4.69) is 41.9 Å². The van der Waals surface area contributed by atoms with Crippen LogP contribution < -0.4 is 15.0 Å². The lowest BCUT2D eigenvalue weighted by atomic mass is 10.2. The summed E-state index contributed by atoms with van der Waals surface area (Å²) in [6.07, 6.45) is 2.16. The van der Waals surface area contributed by atoms with Crippen LogP contribution in [0.15, 0.2) is 49.2 Å². The van der Waals surface area contributed by atoms with Gasteiger partial charge < -0.3 is 14.2 Å². The van der Waals surface area contributed by atoms with E-state index >= 15 is 0 Å². The molecule has 3 rings (SSSR count). The predicted octanol–water partition coefficient (Wildman–Crippen LogP) is 5.10. The molecule has 0 fully saturated rings. The quantitative estimate of drug-likeness (QED) is 0.253. The number of hydrogen-bond acceptors (Lipinski definition) is 7. The number of aromatic nitrogens is 2. The molecule has 0 amide bonds. The van der Waals surface area contributed by atoms with E-state index in [4.69, 9.17) is 14.2 Å². The van der Waals surface area contributed by atoms with Gasteiger partial charge in [0.15, 0.2) is 17.6 Å². The van der Waals surface area contributed by atoms with E-state index in [9.17, 15) is 9.59 Å². The first-order valence-electron chi connectivity index (χ1n) is 10.7. The molecule has 8 nitrogen and oxygen atoms in total. The van der Waals surface area contributed by atoms with E-state index in [1.54, 1.807) is 38.3 Å². The minimum absolute atomic E-state index is 0.252. The number of nitrogens with zero attached hydrogens (tertiary/aromatic N) is 3. The molecule has 1 heterocycles. The summed E-state index contributed by atoms with van der Waals surface area (Å²) >= 11 is 6.91. The zero-order chi connectivity index (χ0) is 24.8. The Morgan fingerprint density at radius 2 is 1.97 bits per heavy atom. The molecule has 2 aromatic carbocycles. The zero-order valence-corrected chi connectivity index (χ0v) is 22.5. The maximum Gasteiger partial charge on any atom is 0.347 e. The van der Waals surface area contributed by atoms with Gasteiger partial charge in [-0.1, -0.05) is 22.9 Å². The van der Waals surface area contributed by atoms with Crippen LogP contribution in [0.4, 0.5) is 0 Å². The second-order valence-corrected chi connectivity index (χ2v) is 9.11. The third kappa shape index (κ3) is 5.85. The fraction of sp³-hybridized carbons (Fsp3) is 0.333. The number of carbonyl (C=O) groups is 1. The van der Waals surface area contributed by atoms with Crippen molar-refractivity contribution >= 4 is 54.9 Å². The van der Waals surface area contributed by atoms with Crippen molar-refractivity contribution < 1.29 is 19.0 Å². The zero-order valence-electron chi connectivity index (χ0n) is 19.3. The molecule has 0 bridgehead atoms. The molecule has 0 unspecified atom stereocenters. The number of rotatable bonds is 9. The Morgan fingerprint density at radius 3 is 2.65 bits per heavy atom. The van der Waals surface area contributed by atoms with Crippen LogP contribution in [0, 0.1) is 0 Å². The molecule has 1 atom stereocenters. The van der Waals surface area contributed by atoms with Gasteiger partial charge in [0.05, 0.1) is 30.8 Å². The Morgan fingerprint density at radius 1 is 1.21 bits per heavy atom. The van der Waals surface area contributed by atoms with Crippen LogP contribution in [0.25, 0.3) is 10.9 Å². The number of halogens is 2. The SMILES string of the molecule is CCCc1nc2ccc(Br)cc2c(=O)n1N=Cc1cc(OC)c(O[C@@H](C)C(=O)OCC)cc1Br. The molecular weight excluding hydrogens is 570 g/mol. The van der Waals surface area contributed by atoms with Gasteiger partial charge in [-0.25, -0.2) is 9.78 Å². The molecule has 34 heavy (non-hydrogen) atoms. The van der Waals surface area contributed by atoms with Crippen molar-refractivity contribution in [1.29, 1.82) is 0 Å². The molecule has 0 aliphatic heterocycles. The van der Waals surface area contributed by atoms with Crippen LogP contribution in [-0.2, 0) is 16.0 Å². The van der Waals surface area contributed by atoms with Crippen molar-refractivity contribution in [3.05, 3.63) is 61.0 Å². The number of esters is 1. The second-order valence-electron chi connectivity index (χ2n) is 7.34. The molecule has 3 aromatic rings. The van der Waals surface area contributed by atoms with E-state index in [0.717, 1.165) is 10.9 Å². The number of ether oxygens (including phenoxy) is 3.